The Labute approximate surface area is 123 Å². The molecule has 0 radical (unpaired) electrons. The number of benzene rings is 1. The van der Waals surface area contributed by atoms with E-state index < -0.39 is 0 Å². The van der Waals surface area contributed by atoms with Crippen LogP contribution in [0.1, 0.15) is 37.3 Å². The maximum atomic E-state index is 6.00. The Kier molecular flexibility index (Phi) is 5.86. The lowest BCUT2D eigenvalue weighted by atomic mass is 10.0. The number of quaternary nitrogens is 2. The molecule has 1 fully saturated rings. The Bertz CT molecular complexity index is 411. The van der Waals surface area contributed by atoms with Crippen molar-refractivity contribution in [3.8, 4) is 5.75 Å². The first-order valence-electron chi connectivity index (χ1n) is 8.05. The van der Waals surface area contributed by atoms with Crippen LogP contribution in [0.4, 0.5) is 0 Å². The number of ether oxygens (including phenoxy) is 1. The second-order valence-corrected chi connectivity index (χ2v) is 6.25. The van der Waals surface area contributed by atoms with Crippen molar-refractivity contribution in [3.05, 3.63) is 29.3 Å². The summed E-state index contributed by atoms with van der Waals surface area (Å²) in [6.07, 6.45) is 1.15. The molecule has 1 saturated heterocycles. The van der Waals surface area contributed by atoms with Gasteiger partial charge in [0.1, 0.15) is 31.9 Å². The maximum absolute atomic E-state index is 6.00. The lowest BCUT2D eigenvalue weighted by Gasteiger charge is -2.22. The Hall–Kier alpha value is -1.06. The average Bonchev–Trinajstić information content (AvgIpc) is 2.46. The number of rotatable bonds is 6. The van der Waals surface area contributed by atoms with Crippen LogP contribution in [0, 0.1) is 6.92 Å². The van der Waals surface area contributed by atoms with Crippen molar-refractivity contribution < 1.29 is 15.0 Å². The monoisotopic (exact) mass is 278 g/mol. The third-order valence-electron chi connectivity index (χ3n) is 4.22. The molecule has 3 nitrogen and oxygen atoms in total. The number of aryl methyl sites for hydroxylation is 1. The van der Waals surface area contributed by atoms with Crippen molar-refractivity contribution in [1.29, 1.82) is 0 Å². The molecule has 0 saturated carbocycles. The minimum Gasteiger partial charge on any atom is -0.493 e. The Balaban J connectivity index is 1.77. The van der Waals surface area contributed by atoms with Gasteiger partial charge < -0.3 is 15.0 Å². The first kappa shape index (κ1) is 15.3. The molecule has 112 valence electrons. The topological polar surface area (TPSA) is 30.3 Å². The van der Waals surface area contributed by atoms with Gasteiger partial charge in [0.15, 0.2) is 0 Å². The summed E-state index contributed by atoms with van der Waals surface area (Å²) in [4.78, 5) is 1.74. The highest BCUT2D eigenvalue weighted by Crippen LogP contribution is 2.24. The summed E-state index contributed by atoms with van der Waals surface area (Å²) in [6, 6.07) is 6.60. The number of hydrogen-bond acceptors (Lipinski definition) is 1. The van der Waals surface area contributed by atoms with Gasteiger partial charge in [-0.1, -0.05) is 26.0 Å². The van der Waals surface area contributed by atoms with Crippen LogP contribution in [-0.4, -0.2) is 39.3 Å². The highest BCUT2D eigenvalue weighted by molar-refractivity contribution is 5.37. The molecule has 1 aliphatic heterocycles. The van der Waals surface area contributed by atoms with Crippen LogP contribution in [0.3, 0.4) is 0 Å². The van der Waals surface area contributed by atoms with Crippen LogP contribution in [0.15, 0.2) is 18.2 Å². The summed E-state index contributed by atoms with van der Waals surface area (Å²) in [5, 5.41) is 2.42. The number of piperazine rings is 1. The normalized spacial score (nSPS) is 16.6. The second kappa shape index (κ2) is 7.65. The summed E-state index contributed by atoms with van der Waals surface area (Å²) < 4.78 is 6.00. The van der Waals surface area contributed by atoms with Crippen molar-refractivity contribution in [1.82, 2.24) is 0 Å². The molecule has 3 N–H and O–H groups in total. The Morgan fingerprint density at radius 3 is 2.70 bits per heavy atom. The fourth-order valence-corrected chi connectivity index (χ4v) is 2.77. The number of nitrogens with one attached hydrogen (secondary N) is 1. The Morgan fingerprint density at radius 2 is 2.00 bits per heavy atom. The van der Waals surface area contributed by atoms with Crippen molar-refractivity contribution >= 4 is 0 Å². The molecule has 0 bridgehead atoms. The maximum Gasteiger partial charge on any atom is 0.127 e. The van der Waals surface area contributed by atoms with E-state index in [1.54, 1.807) is 4.90 Å². The molecule has 0 unspecified atom stereocenters. The van der Waals surface area contributed by atoms with Crippen molar-refractivity contribution in [2.24, 2.45) is 0 Å². The third-order valence-corrected chi connectivity index (χ3v) is 4.22. The highest BCUT2D eigenvalue weighted by atomic mass is 16.5. The molecule has 0 spiro atoms. The van der Waals surface area contributed by atoms with Crippen molar-refractivity contribution in [2.75, 3.05) is 39.3 Å². The third kappa shape index (κ3) is 4.50. The second-order valence-electron chi connectivity index (χ2n) is 6.25. The highest BCUT2D eigenvalue weighted by Gasteiger charge is 2.14. The van der Waals surface area contributed by atoms with E-state index in [-0.39, 0.29) is 0 Å². The smallest absolute Gasteiger partial charge is 0.127 e. The van der Waals surface area contributed by atoms with Crippen LogP contribution in [0.5, 0.6) is 5.75 Å². The van der Waals surface area contributed by atoms with Gasteiger partial charge in [-0.05, 0) is 30.0 Å². The summed E-state index contributed by atoms with van der Waals surface area (Å²) in [5.41, 5.74) is 2.61. The standard InChI is InChI=1S/C17H28N2O/c1-14(2)16-6-5-15(3)17(13-16)20-12-4-9-19-10-7-18-8-11-19/h5-6,13-14,18H,4,7-12H2,1-3H3/p+2. The van der Waals surface area contributed by atoms with E-state index in [9.17, 15) is 0 Å². The molecule has 1 aromatic rings. The van der Waals surface area contributed by atoms with Gasteiger partial charge in [-0.25, -0.2) is 0 Å². The van der Waals surface area contributed by atoms with Crippen LogP contribution in [-0.2, 0) is 0 Å². The van der Waals surface area contributed by atoms with E-state index in [1.165, 1.54) is 43.9 Å². The Morgan fingerprint density at radius 1 is 1.25 bits per heavy atom. The van der Waals surface area contributed by atoms with E-state index in [2.05, 4.69) is 44.3 Å². The minimum absolute atomic E-state index is 0.562. The molecular weight excluding hydrogens is 248 g/mol. The van der Waals surface area contributed by atoms with Crippen LogP contribution < -0.4 is 15.0 Å². The van der Waals surface area contributed by atoms with Gasteiger partial charge in [-0.2, -0.15) is 0 Å². The van der Waals surface area contributed by atoms with Crippen LogP contribution in [0.2, 0.25) is 0 Å². The van der Waals surface area contributed by atoms with Gasteiger partial charge in [0.05, 0.1) is 13.2 Å². The zero-order valence-corrected chi connectivity index (χ0v) is 13.2. The largest absolute Gasteiger partial charge is 0.493 e. The molecule has 2 rings (SSSR count). The van der Waals surface area contributed by atoms with E-state index in [0.717, 1.165) is 18.8 Å². The van der Waals surface area contributed by atoms with Crippen LogP contribution in [0.25, 0.3) is 0 Å². The molecule has 1 aliphatic rings. The first-order chi connectivity index (χ1) is 9.66. The SMILES string of the molecule is Cc1ccc(C(C)C)cc1OCCC[NH+]1CC[NH2+]CC1. The van der Waals surface area contributed by atoms with Gasteiger partial charge >= 0.3 is 0 Å². The quantitative estimate of drug-likeness (QED) is 0.723. The molecule has 0 amide bonds. The van der Waals surface area contributed by atoms with E-state index >= 15 is 0 Å². The molecular formula is C17H30N2O+2. The van der Waals surface area contributed by atoms with Gasteiger partial charge in [0, 0.05) is 6.42 Å². The molecule has 0 aliphatic carbocycles. The minimum atomic E-state index is 0.562. The zero-order chi connectivity index (χ0) is 14.4. The fourth-order valence-electron chi connectivity index (χ4n) is 2.77. The summed E-state index contributed by atoms with van der Waals surface area (Å²) >= 11 is 0. The lowest BCUT2D eigenvalue weighted by Crippen LogP contribution is -3.20. The first-order valence-corrected chi connectivity index (χ1v) is 8.05. The van der Waals surface area contributed by atoms with E-state index in [4.69, 9.17) is 4.74 Å². The lowest BCUT2D eigenvalue weighted by molar-refractivity contribution is -0.946. The number of hydrogen-bond donors (Lipinski definition) is 2. The predicted molar refractivity (Wildman–Crippen MR) is 82.6 cm³/mol. The summed E-state index contributed by atoms with van der Waals surface area (Å²) in [6.45, 7) is 13.9. The number of nitrogens with two attached hydrogens (primary N) is 1. The predicted octanol–water partition coefficient (Wildman–Crippen LogP) is 0.349. The van der Waals surface area contributed by atoms with Crippen molar-refractivity contribution in [2.45, 2.75) is 33.1 Å². The van der Waals surface area contributed by atoms with Crippen molar-refractivity contribution in [3.63, 3.8) is 0 Å². The zero-order valence-electron chi connectivity index (χ0n) is 13.2. The molecule has 0 atom stereocenters. The fraction of sp³-hybridized carbons (Fsp3) is 0.647. The molecule has 1 aromatic carbocycles. The average molecular weight is 278 g/mol. The molecule has 1 heterocycles. The molecule has 20 heavy (non-hydrogen) atoms. The van der Waals surface area contributed by atoms with Gasteiger partial charge in [-0.3, -0.25) is 0 Å². The van der Waals surface area contributed by atoms with Gasteiger partial charge in [-0.15, -0.1) is 0 Å². The molecule has 3 heteroatoms. The van der Waals surface area contributed by atoms with Crippen LogP contribution >= 0.6 is 0 Å². The molecule has 0 aromatic heterocycles. The summed E-state index contributed by atoms with van der Waals surface area (Å²) in [7, 11) is 0. The van der Waals surface area contributed by atoms with Gasteiger partial charge in [0.2, 0.25) is 0 Å². The van der Waals surface area contributed by atoms with E-state index in [1.807, 2.05) is 0 Å². The van der Waals surface area contributed by atoms with Gasteiger partial charge in [0.25, 0.3) is 0 Å². The summed E-state index contributed by atoms with van der Waals surface area (Å²) in [5.74, 6) is 1.63. The van der Waals surface area contributed by atoms with E-state index in [0.29, 0.717) is 5.92 Å².